The van der Waals surface area contributed by atoms with E-state index in [1.807, 2.05) is 32.9 Å². The van der Waals surface area contributed by atoms with Crippen LogP contribution in [0.1, 0.15) is 30.8 Å². The minimum atomic E-state index is -3.54. The molecule has 0 fully saturated rings. The molecule has 0 saturated carbocycles. The number of nitrogens with one attached hydrogen (secondary N) is 1. The second kappa shape index (κ2) is 6.36. The van der Waals surface area contributed by atoms with Gasteiger partial charge in [0.2, 0.25) is 10.0 Å². The molecule has 0 aliphatic rings. The summed E-state index contributed by atoms with van der Waals surface area (Å²) in [6.07, 6.45) is 0.671. The lowest BCUT2D eigenvalue weighted by Crippen LogP contribution is -2.26. The largest absolute Gasteiger partial charge is 0.248 e. The standard InChI is InChI=1S/C14H20N4O2S/c1-4-12-8-6-7-9-14(12)21(19,20)15-10-13-11(3)16-17-18(13)5-2/h6-9,15H,4-5,10H2,1-3H3. The smallest absolute Gasteiger partial charge is 0.241 e. The van der Waals surface area contributed by atoms with Crippen LogP contribution in [0.25, 0.3) is 0 Å². The van der Waals surface area contributed by atoms with E-state index < -0.39 is 10.0 Å². The fourth-order valence-corrected chi connectivity index (χ4v) is 3.49. The summed E-state index contributed by atoms with van der Waals surface area (Å²) in [5.41, 5.74) is 2.34. The fourth-order valence-electron chi connectivity index (χ4n) is 2.19. The summed E-state index contributed by atoms with van der Waals surface area (Å²) in [4.78, 5) is 0.334. The van der Waals surface area contributed by atoms with Gasteiger partial charge in [0.25, 0.3) is 0 Å². The van der Waals surface area contributed by atoms with Crippen LogP contribution in [0.15, 0.2) is 29.2 Å². The Morgan fingerprint density at radius 1 is 1.24 bits per heavy atom. The molecule has 0 bridgehead atoms. The molecule has 0 amide bonds. The molecule has 7 heteroatoms. The average molecular weight is 308 g/mol. The van der Waals surface area contributed by atoms with Crippen molar-refractivity contribution in [2.24, 2.45) is 0 Å². The van der Waals surface area contributed by atoms with E-state index in [4.69, 9.17) is 0 Å². The SMILES string of the molecule is CCc1ccccc1S(=O)(=O)NCc1c(C)nnn1CC. The van der Waals surface area contributed by atoms with Crippen molar-refractivity contribution in [3.8, 4) is 0 Å². The van der Waals surface area contributed by atoms with Crippen LogP contribution >= 0.6 is 0 Å². The van der Waals surface area contributed by atoms with Crippen molar-refractivity contribution in [1.82, 2.24) is 19.7 Å². The van der Waals surface area contributed by atoms with Gasteiger partial charge in [-0.05, 0) is 31.9 Å². The Balaban J connectivity index is 2.24. The number of sulfonamides is 1. The Hall–Kier alpha value is -1.73. The summed E-state index contributed by atoms with van der Waals surface area (Å²) in [6.45, 7) is 6.55. The minimum absolute atomic E-state index is 0.188. The van der Waals surface area contributed by atoms with Crippen molar-refractivity contribution < 1.29 is 8.42 Å². The van der Waals surface area contributed by atoms with E-state index in [2.05, 4.69) is 15.0 Å². The van der Waals surface area contributed by atoms with Gasteiger partial charge in [0.15, 0.2) is 0 Å². The molecular formula is C14H20N4O2S. The highest BCUT2D eigenvalue weighted by atomic mass is 32.2. The third-order valence-electron chi connectivity index (χ3n) is 3.40. The van der Waals surface area contributed by atoms with Gasteiger partial charge >= 0.3 is 0 Å². The first-order valence-electron chi connectivity index (χ1n) is 6.96. The third-order valence-corrected chi connectivity index (χ3v) is 4.91. The average Bonchev–Trinajstić information content (AvgIpc) is 2.85. The summed E-state index contributed by atoms with van der Waals surface area (Å²) < 4.78 is 29.3. The van der Waals surface area contributed by atoms with Crippen molar-refractivity contribution in [1.29, 1.82) is 0 Å². The van der Waals surface area contributed by atoms with E-state index in [1.165, 1.54) is 0 Å². The zero-order valence-corrected chi connectivity index (χ0v) is 13.3. The molecule has 0 saturated heterocycles. The summed E-state index contributed by atoms with van der Waals surface area (Å²) >= 11 is 0. The maximum absolute atomic E-state index is 12.5. The zero-order valence-electron chi connectivity index (χ0n) is 12.5. The van der Waals surface area contributed by atoms with Gasteiger partial charge in [-0.3, -0.25) is 0 Å². The van der Waals surface area contributed by atoms with Crippen LogP contribution in [0, 0.1) is 6.92 Å². The normalized spacial score (nSPS) is 11.8. The quantitative estimate of drug-likeness (QED) is 0.880. The monoisotopic (exact) mass is 308 g/mol. The summed E-state index contributed by atoms with van der Waals surface area (Å²) in [5.74, 6) is 0. The van der Waals surface area contributed by atoms with Crippen LogP contribution in [-0.2, 0) is 29.5 Å². The van der Waals surface area contributed by atoms with Gasteiger partial charge in [-0.2, -0.15) is 0 Å². The van der Waals surface area contributed by atoms with Gasteiger partial charge < -0.3 is 0 Å². The van der Waals surface area contributed by atoms with E-state index in [-0.39, 0.29) is 6.54 Å². The second-order valence-electron chi connectivity index (χ2n) is 4.72. The van der Waals surface area contributed by atoms with Crippen molar-refractivity contribution in [3.63, 3.8) is 0 Å². The summed E-state index contributed by atoms with van der Waals surface area (Å²) in [7, 11) is -3.54. The lowest BCUT2D eigenvalue weighted by Gasteiger charge is -2.11. The molecule has 0 aliphatic carbocycles. The first kappa shape index (κ1) is 15.7. The molecule has 1 aromatic carbocycles. The fraction of sp³-hybridized carbons (Fsp3) is 0.429. The van der Waals surface area contributed by atoms with Crippen LogP contribution in [0.2, 0.25) is 0 Å². The van der Waals surface area contributed by atoms with E-state index >= 15 is 0 Å². The molecule has 114 valence electrons. The predicted molar refractivity (Wildman–Crippen MR) is 80.3 cm³/mol. The molecule has 2 aromatic rings. The lowest BCUT2D eigenvalue weighted by molar-refractivity contribution is 0.565. The summed E-state index contributed by atoms with van der Waals surface area (Å²) in [6, 6.07) is 7.04. The minimum Gasteiger partial charge on any atom is -0.248 e. The molecule has 0 aliphatic heterocycles. The van der Waals surface area contributed by atoms with Crippen LogP contribution in [0.3, 0.4) is 0 Å². The number of hydrogen-bond donors (Lipinski definition) is 1. The molecule has 0 unspecified atom stereocenters. The highest BCUT2D eigenvalue weighted by molar-refractivity contribution is 7.89. The third kappa shape index (κ3) is 3.30. The zero-order chi connectivity index (χ0) is 15.5. The van der Waals surface area contributed by atoms with Gasteiger partial charge in [-0.25, -0.2) is 17.8 Å². The van der Waals surface area contributed by atoms with Gasteiger partial charge in [0.05, 0.1) is 22.8 Å². The molecule has 21 heavy (non-hydrogen) atoms. The van der Waals surface area contributed by atoms with E-state index in [9.17, 15) is 8.42 Å². The number of benzene rings is 1. The lowest BCUT2D eigenvalue weighted by atomic mass is 10.2. The number of hydrogen-bond acceptors (Lipinski definition) is 4. The maximum atomic E-state index is 12.5. The summed E-state index contributed by atoms with van der Waals surface area (Å²) in [5, 5.41) is 7.95. The molecule has 1 N–H and O–H groups in total. The van der Waals surface area contributed by atoms with Gasteiger partial charge in [-0.1, -0.05) is 30.3 Å². The van der Waals surface area contributed by atoms with Gasteiger partial charge in [0.1, 0.15) is 0 Å². The van der Waals surface area contributed by atoms with Crippen LogP contribution in [-0.4, -0.2) is 23.4 Å². The van der Waals surface area contributed by atoms with E-state index in [0.717, 1.165) is 17.0 Å². The molecule has 2 rings (SSSR count). The van der Waals surface area contributed by atoms with Crippen molar-refractivity contribution >= 4 is 10.0 Å². The number of rotatable bonds is 6. The van der Waals surface area contributed by atoms with E-state index in [1.54, 1.807) is 16.8 Å². The first-order chi connectivity index (χ1) is 9.99. The van der Waals surface area contributed by atoms with Crippen molar-refractivity contribution in [3.05, 3.63) is 41.2 Å². The molecule has 0 radical (unpaired) electrons. The Labute approximate surface area is 125 Å². The first-order valence-corrected chi connectivity index (χ1v) is 8.44. The molecule has 0 atom stereocenters. The predicted octanol–water partition coefficient (Wildman–Crippen LogP) is 1.65. The Morgan fingerprint density at radius 3 is 2.62 bits per heavy atom. The Bertz CT molecular complexity index is 722. The highest BCUT2D eigenvalue weighted by Gasteiger charge is 2.18. The van der Waals surface area contributed by atoms with Gasteiger partial charge in [-0.15, -0.1) is 5.10 Å². The molecular weight excluding hydrogens is 288 g/mol. The van der Waals surface area contributed by atoms with Crippen LogP contribution < -0.4 is 4.72 Å². The van der Waals surface area contributed by atoms with Crippen molar-refractivity contribution in [2.45, 2.75) is 45.2 Å². The number of aryl methyl sites for hydroxylation is 3. The van der Waals surface area contributed by atoms with Crippen LogP contribution in [0.5, 0.6) is 0 Å². The number of nitrogens with zero attached hydrogens (tertiary/aromatic N) is 3. The van der Waals surface area contributed by atoms with Gasteiger partial charge in [0, 0.05) is 6.54 Å². The Morgan fingerprint density at radius 2 is 1.95 bits per heavy atom. The maximum Gasteiger partial charge on any atom is 0.241 e. The van der Waals surface area contributed by atoms with E-state index in [0.29, 0.717) is 17.9 Å². The number of aromatic nitrogens is 3. The highest BCUT2D eigenvalue weighted by Crippen LogP contribution is 2.16. The molecule has 1 heterocycles. The Kier molecular flexibility index (Phi) is 4.74. The molecule has 1 aromatic heterocycles. The van der Waals surface area contributed by atoms with Crippen molar-refractivity contribution in [2.75, 3.05) is 0 Å². The van der Waals surface area contributed by atoms with Crippen LogP contribution in [0.4, 0.5) is 0 Å². The second-order valence-corrected chi connectivity index (χ2v) is 6.46. The molecule has 0 spiro atoms. The molecule has 6 nitrogen and oxygen atoms in total. The topological polar surface area (TPSA) is 76.9 Å².